The first-order valence-corrected chi connectivity index (χ1v) is 8.63. The highest BCUT2D eigenvalue weighted by Crippen LogP contribution is 2.19. The van der Waals surface area contributed by atoms with Gasteiger partial charge in [-0.05, 0) is 31.0 Å². The monoisotopic (exact) mass is 341 g/mol. The fraction of sp³-hybridized carbons (Fsp3) is 0.400. The molecule has 0 bridgehead atoms. The normalized spacial score (nSPS) is 17.1. The SMILES string of the molecule is Cc1ccc(CC(=O)OC[C@@H]2CC(=O)N(CCc3ccccc3)C2)o1. The summed E-state index contributed by atoms with van der Waals surface area (Å²) in [6.45, 7) is 3.48. The Balaban J connectivity index is 1.40. The molecule has 1 aliphatic rings. The van der Waals surface area contributed by atoms with E-state index < -0.39 is 0 Å². The topological polar surface area (TPSA) is 59.8 Å². The molecule has 2 aromatic rings. The molecule has 2 heterocycles. The predicted molar refractivity (Wildman–Crippen MR) is 92.9 cm³/mol. The van der Waals surface area contributed by atoms with Gasteiger partial charge in [-0.15, -0.1) is 0 Å². The molecule has 3 rings (SSSR count). The number of aryl methyl sites for hydroxylation is 1. The van der Waals surface area contributed by atoms with Gasteiger partial charge in [0.05, 0.1) is 6.61 Å². The third-order valence-electron chi connectivity index (χ3n) is 4.40. The number of carbonyl (C=O) groups is 2. The van der Waals surface area contributed by atoms with E-state index in [4.69, 9.17) is 9.15 Å². The van der Waals surface area contributed by atoms with Crippen molar-refractivity contribution in [1.29, 1.82) is 0 Å². The third kappa shape index (κ3) is 4.95. The lowest BCUT2D eigenvalue weighted by Gasteiger charge is -2.16. The van der Waals surface area contributed by atoms with Crippen LogP contribution in [-0.2, 0) is 27.2 Å². The number of hydrogen-bond acceptors (Lipinski definition) is 4. The molecule has 1 aromatic heterocycles. The zero-order valence-corrected chi connectivity index (χ0v) is 14.4. The highest BCUT2D eigenvalue weighted by molar-refractivity contribution is 5.78. The molecule has 1 atom stereocenters. The summed E-state index contributed by atoms with van der Waals surface area (Å²) in [5, 5.41) is 0. The van der Waals surface area contributed by atoms with Gasteiger partial charge in [0.2, 0.25) is 5.91 Å². The Labute approximate surface area is 147 Å². The van der Waals surface area contributed by atoms with Crippen molar-refractivity contribution in [2.45, 2.75) is 26.2 Å². The lowest BCUT2D eigenvalue weighted by molar-refractivity contribution is -0.144. The number of hydrogen-bond donors (Lipinski definition) is 0. The van der Waals surface area contributed by atoms with Crippen LogP contribution in [0.2, 0.25) is 0 Å². The van der Waals surface area contributed by atoms with E-state index in [2.05, 4.69) is 12.1 Å². The molecule has 0 radical (unpaired) electrons. The van der Waals surface area contributed by atoms with Gasteiger partial charge in [0.25, 0.3) is 0 Å². The van der Waals surface area contributed by atoms with Gasteiger partial charge in [-0.2, -0.15) is 0 Å². The van der Waals surface area contributed by atoms with Crippen molar-refractivity contribution in [2.24, 2.45) is 5.92 Å². The van der Waals surface area contributed by atoms with Crippen LogP contribution in [-0.4, -0.2) is 36.5 Å². The summed E-state index contributed by atoms with van der Waals surface area (Å²) in [7, 11) is 0. The Hall–Kier alpha value is -2.56. The maximum Gasteiger partial charge on any atom is 0.313 e. The van der Waals surface area contributed by atoms with Crippen molar-refractivity contribution in [3.63, 3.8) is 0 Å². The number of furan rings is 1. The fourth-order valence-corrected chi connectivity index (χ4v) is 3.07. The summed E-state index contributed by atoms with van der Waals surface area (Å²) in [6, 6.07) is 13.7. The molecule has 0 spiro atoms. The summed E-state index contributed by atoms with van der Waals surface area (Å²) < 4.78 is 10.7. The smallest absolute Gasteiger partial charge is 0.313 e. The number of carbonyl (C=O) groups excluding carboxylic acids is 2. The maximum absolute atomic E-state index is 12.1. The number of ether oxygens (including phenoxy) is 1. The minimum atomic E-state index is -0.315. The number of esters is 1. The van der Waals surface area contributed by atoms with Crippen LogP contribution in [0.5, 0.6) is 0 Å². The van der Waals surface area contributed by atoms with E-state index in [0.717, 1.165) is 12.2 Å². The Morgan fingerprint density at radius 2 is 2.04 bits per heavy atom. The maximum atomic E-state index is 12.1. The molecular weight excluding hydrogens is 318 g/mol. The summed E-state index contributed by atoms with van der Waals surface area (Å²) in [6.07, 6.45) is 1.42. The van der Waals surface area contributed by atoms with Crippen molar-refractivity contribution in [2.75, 3.05) is 19.7 Å². The van der Waals surface area contributed by atoms with Crippen molar-refractivity contribution in [3.05, 3.63) is 59.5 Å². The Kier molecular flexibility index (Phi) is 5.53. The van der Waals surface area contributed by atoms with Crippen molar-refractivity contribution in [1.82, 2.24) is 4.90 Å². The lowest BCUT2D eigenvalue weighted by Crippen LogP contribution is -2.28. The summed E-state index contributed by atoms with van der Waals surface area (Å²) in [5.41, 5.74) is 1.22. The van der Waals surface area contributed by atoms with Gasteiger partial charge in [-0.25, -0.2) is 0 Å². The zero-order chi connectivity index (χ0) is 17.6. The first-order valence-electron chi connectivity index (χ1n) is 8.63. The molecule has 0 unspecified atom stereocenters. The second-order valence-corrected chi connectivity index (χ2v) is 6.52. The average molecular weight is 341 g/mol. The second-order valence-electron chi connectivity index (χ2n) is 6.52. The molecule has 0 saturated carbocycles. The van der Waals surface area contributed by atoms with E-state index in [0.29, 0.717) is 25.3 Å². The molecule has 1 aliphatic heterocycles. The van der Waals surface area contributed by atoms with E-state index in [1.165, 1.54) is 5.56 Å². The number of rotatable bonds is 7. The largest absolute Gasteiger partial charge is 0.466 e. The van der Waals surface area contributed by atoms with E-state index in [1.54, 1.807) is 6.07 Å². The Morgan fingerprint density at radius 3 is 2.76 bits per heavy atom. The molecule has 132 valence electrons. The highest BCUT2D eigenvalue weighted by atomic mass is 16.5. The Morgan fingerprint density at radius 1 is 1.24 bits per heavy atom. The Bertz CT molecular complexity index is 722. The van der Waals surface area contributed by atoms with Crippen molar-refractivity contribution < 1.29 is 18.7 Å². The molecular formula is C20H23NO4. The van der Waals surface area contributed by atoms with Crippen LogP contribution in [0.1, 0.15) is 23.5 Å². The summed E-state index contributed by atoms with van der Waals surface area (Å²) in [4.78, 5) is 25.8. The van der Waals surface area contributed by atoms with Crippen LogP contribution in [0.25, 0.3) is 0 Å². The van der Waals surface area contributed by atoms with Gasteiger partial charge in [-0.3, -0.25) is 9.59 Å². The van der Waals surface area contributed by atoms with E-state index in [1.807, 2.05) is 36.1 Å². The van der Waals surface area contributed by atoms with Gasteiger partial charge >= 0.3 is 5.97 Å². The minimum absolute atomic E-state index is 0.0746. The van der Waals surface area contributed by atoms with Crippen LogP contribution < -0.4 is 0 Å². The van der Waals surface area contributed by atoms with Crippen LogP contribution >= 0.6 is 0 Å². The predicted octanol–water partition coefficient (Wildman–Crippen LogP) is 2.76. The van der Waals surface area contributed by atoms with E-state index >= 15 is 0 Å². The van der Waals surface area contributed by atoms with Gasteiger partial charge in [0, 0.05) is 25.4 Å². The quantitative estimate of drug-likeness (QED) is 0.727. The van der Waals surface area contributed by atoms with Gasteiger partial charge < -0.3 is 14.1 Å². The molecule has 1 fully saturated rings. The third-order valence-corrected chi connectivity index (χ3v) is 4.40. The van der Waals surface area contributed by atoms with Crippen LogP contribution in [0.4, 0.5) is 0 Å². The molecule has 5 heteroatoms. The number of likely N-dealkylation sites (tertiary alicyclic amines) is 1. The molecule has 0 aliphatic carbocycles. The molecule has 1 amide bonds. The number of nitrogens with zero attached hydrogens (tertiary/aromatic N) is 1. The number of amides is 1. The van der Waals surface area contributed by atoms with E-state index in [-0.39, 0.29) is 30.8 Å². The van der Waals surface area contributed by atoms with Crippen LogP contribution in [0.3, 0.4) is 0 Å². The van der Waals surface area contributed by atoms with Gasteiger partial charge in [0.1, 0.15) is 17.9 Å². The van der Waals surface area contributed by atoms with Crippen molar-refractivity contribution in [3.8, 4) is 0 Å². The first-order chi connectivity index (χ1) is 12.1. The highest BCUT2D eigenvalue weighted by Gasteiger charge is 2.30. The van der Waals surface area contributed by atoms with E-state index in [9.17, 15) is 9.59 Å². The summed E-state index contributed by atoms with van der Waals surface area (Å²) >= 11 is 0. The number of benzene rings is 1. The van der Waals surface area contributed by atoms with Gasteiger partial charge in [-0.1, -0.05) is 30.3 Å². The molecule has 1 saturated heterocycles. The second kappa shape index (κ2) is 8.01. The van der Waals surface area contributed by atoms with Crippen molar-refractivity contribution >= 4 is 11.9 Å². The fourth-order valence-electron chi connectivity index (χ4n) is 3.07. The van der Waals surface area contributed by atoms with Crippen LogP contribution in [0.15, 0.2) is 46.9 Å². The molecule has 5 nitrogen and oxygen atoms in total. The minimum Gasteiger partial charge on any atom is -0.466 e. The summed E-state index contributed by atoms with van der Waals surface area (Å²) in [5.74, 6) is 1.28. The zero-order valence-electron chi connectivity index (χ0n) is 14.4. The lowest BCUT2D eigenvalue weighted by atomic mass is 10.1. The first kappa shape index (κ1) is 17.3. The molecule has 25 heavy (non-hydrogen) atoms. The molecule has 1 aromatic carbocycles. The average Bonchev–Trinajstić information content (AvgIpc) is 3.17. The molecule has 0 N–H and O–H groups in total. The standard InChI is InChI=1S/C20H23NO4/c1-15-7-8-18(25-15)12-20(23)24-14-17-11-19(22)21(13-17)10-9-16-5-3-2-4-6-16/h2-8,17H,9-14H2,1H3/t17-/m1/s1. The van der Waals surface area contributed by atoms with Gasteiger partial charge in [0.15, 0.2) is 0 Å². The van der Waals surface area contributed by atoms with Crippen LogP contribution in [0, 0.1) is 12.8 Å².